The zero-order valence-electron chi connectivity index (χ0n) is 7.05. The Kier molecular flexibility index (Phi) is 4.41. The average molecular weight is 222 g/mol. The highest BCUT2D eigenvalue weighted by Gasteiger charge is 2.17. The van der Waals surface area contributed by atoms with Crippen molar-refractivity contribution in [1.29, 1.82) is 0 Å². The first-order valence-electron chi connectivity index (χ1n) is 4.26. The molecular weight excluding hydrogens is 206 g/mol. The lowest BCUT2D eigenvalue weighted by Crippen LogP contribution is -2.43. The van der Waals surface area contributed by atoms with Crippen molar-refractivity contribution in [3.63, 3.8) is 0 Å². The minimum atomic E-state index is 0.412. The average Bonchev–Trinajstić information content (AvgIpc) is 2.06. The van der Waals surface area contributed by atoms with E-state index in [0.717, 1.165) is 25.0 Å². The molecule has 1 fully saturated rings. The highest BCUT2D eigenvalue weighted by atomic mass is 79.9. The molecule has 3 heteroatoms. The van der Waals surface area contributed by atoms with Gasteiger partial charge in [-0.15, -0.1) is 0 Å². The van der Waals surface area contributed by atoms with Crippen LogP contribution in [0.1, 0.15) is 13.3 Å². The van der Waals surface area contributed by atoms with E-state index in [0.29, 0.717) is 6.10 Å². The molecule has 1 heterocycles. The number of hydrogen-bond acceptors (Lipinski definition) is 2. The zero-order chi connectivity index (χ0) is 8.10. The second-order valence-corrected chi connectivity index (χ2v) is 3.60. The summed E-state index contributed by atoms with van der Waals surface area (Å²) in [6.07, 6.45) is 1.66. The second kappa shape index (κ2) is 5.12. The van der Waals surface area contributed by atoms with Gasteiger partial charge in [0.15, 0.2) is 0 Å². The summed E-state index contributed by atoms with van der Waals surface area (Å²) in [5.74, 6) is 0. The molecule has 0 aliphatic carbocycles. The number of nitrogens with zero attached hydrogens (tertiary/aromatic N) is 1. The van der Waals surface area contributed by atoms with Crippen LogP contribution in [0.25, 0.3) is 0 Å². The van der Waals surface area contributed by atoms with Gasteiger partial charge in [-0.2, -0.15) is 0 Å². The van der Waals surface area contributed by atoms with Crippen LogP contribution in [0.2, 0.25) is 0 Å². The Balaban J connectivity index is 2.21. The van der Waals surface area contributed by atoms with Crippen LogP contribution < -0.4 is 0 Å². The monoisotopic (exact) mass is 221 g/mol. The molecule has 1 saturated heterocycles. The van der Waals surface area contributed by atoms with E-state index in [9.17, 15) is 0 Å². The molecule has 1 rings (SSSR count). The van der Waals surface area contributed by atoms with Crippen molar-refractivity contribution in [3.8, 4) is 0 Å². The Hall–Kier alpha value is 0.400. The van der Waals surface area contributed by atoms with Crippen molar-refractivity contribution in [1.82, 2.24) is 4.90 Å². The summed E-state index contributed by atoms with van der Waals surface area (Å²) in [5.41, 5.74) is 0. The van der Waals surface area contributed by atoms with Crippen molar-refractivity contribution in [2.45, 2.75) is 19.4 Å². The molecule has 2 nitrogen and oxygen atoms in total. The summed E-state index contributed by atoms with van der Waals surface area (Å²) in [5, 5.41) is 0.965. The lowest BCUT2D eigenvalue weighted by Gasteiger charge is -2.31. The van der Waals surface area contributed by atoms with Gasteiger partial charge >= 0.3 is 0 Å². The van der Waals surface area contributed by atoms with Crippen molar-refractivity contribution in [2.75, 3.05) is 31.6 Å². The maximum atomic E-state index is 5.52. The maximum absolute atomic E-state index is 5.52. The molecule has 0 aromatic carbocycles. The number of ether oxygens (including phenoxy) is 1. The van der Waals surface area contributed by atoms with E-state index in [-0.39, 0.29) is 0 Å². The van der Waals surface area contributed by atoms with Crippen LogP contribution in [-0.4, -0.2) is 42.6 Å². The molecule has 0 aromatic rings. The fourth-order valence-electron chi connectivity index (χ4n) is 1.39. The molecule has 1 aliphatic heterocycles. The zero-order valence-corrected chi connectivity index (χ0v) is 8.64. The van der Waals surface area contributed by atoms with Gasteiger partial charge in [0, 0.05) is 18.4 Å². The number of rotatable bonds is 3. The van der Waals surface area contributed by atoms with Gasteiger partial charge in [-0.05, 0) is 13.0 Å². The van der Waals surface area contributed by atoms with Crippen LogP contribution in [0.15, 0.2) is 0 Å². The van der Waals surface area contributed by atoms with Crippen LogP contribution in [0.5, 0.6) is 0 Å². The molecule has 0 bridgehead atoms. The van der Waals surface area contributed by atoms with Gasteiger partial charge in [0.25, 0.3) is 0 Å². The first-order chi connectivity index (χ1) is 5.36. The summed E-state index contributed by atoms with van der Waals surface area (Å²) in [7, 11) is 0. The summed E-state index contributed by atoms with van der Waals surface area (Å²) in [4.78, 5) is 2.47. The van der Waals surface area contributed by atoms with Gasteiger partial charge in [-0.1, -0.05) is 22.9 Å². The van der Waals surface area contributed by atoms with Crippen LogP contribution in [0, 0.1) is 0 Å². The van der Waals surface area contributed by atoms with Crippen molar-refractivity contribution in [2.24, 2.45) is 0 Å². The van der Waals surface area contributed by atoms with Crippen molar-refractivity contribution in [3.05, 3.63) is 0 Å². The van der Waals surface area contributed by atoms with E-state index >= 15 is 0 Å². The minimum Gasteiger partial charge on any atom is -0.375 e. The third kappa shape index (κ3) is 3.09. The molecule has 0 N–H and O–H groups in total. The van der Waals surface area contributed by atoms with Crippen LogP contribution in [0.4, 0.5) is 0 Å². The number of hydrogen-bond donors (Lipinski definition) is 0. The Morgan fingerprint density at radius 3 is 3.09 bits per heavy atom. The van der Waals surface area contributed by atoms with Crippen LogP contribution in [0.3, 0.4) is 0 Å². The summed E-state index contributed by atoms with van der Waals surface area (Å²) in [6.45, 7) is 6.54. The summed E-state index contributed by atoms with van der Waals surface area (Å²) < 4.78 is 5.52. The summed E-state index contributed by atoms with van der Waals surface area (Å²) >= 11 is 3.44. The summed E-state index contributed by atoms with van der Waals surface area (Å²) in [6, 6.07) is 0. The number of alkyl halides is 1. The highest BCUT2D eigenvalue weighted by molar-refractivity contribution is 9.09. The molecule has 0 radical (unpaired) electrons. The largest absolute Gasteiger partial charge is 0.375 e. The molecule has 0 aromatic heterocycles. The van der Waals surface area contributed by atoms with Gasteiger partial charge in [0.05, 0.1) is 12.7 Å². The number of morpholine rings is 1. The lowest BCUT2D eigenvalue weighted by atomic mass is 10.3. The van der Waals surface area contributed by atoms with Crippen LogP contribution >= 0.6 is 15.9 Å². The predicted molar refractivity (Wildman–Crippen MR) is 50.3 cm³/mol. The first kappa shape index (κ1) is 9.49. The molecule has 66 valence electrons. The van der Waals surface area contributed by atoms with Gasteiger partial charge in [-0.3, -0.25) is 4.90 Å². The molecule has 11 heavy (non-hydrogen) atoms. The highest BCUT2D eigenvalue weighted by Crippen LogP contribution is 2.07. The van der Waals surface area contributed by atoms with E-state index in [1.165, 1.54) is 13.0 Å². The fourth-order valence-corrected chi connectivity index (χ4v) is 1.78. The van der Waals surface area contributed by atoms with Crippen molar-refractivity contribution < 1.29 is 4.74 Å². The Morgan fingerprint density at radius 2 is 2.45 bits per heavy atom. The molecule has 1 atom stereocenters. The Bertz CT molecular complexity index is 108. The smallest absolute Gasteiger partial charge is 0.0799 e. The van der Waals surface area contributed by atoms with Gasteiger partial charge < -0.3 is 4.74 Å². The third-order valence-electron chi connectivity index (χ3n) is 1.93. The second-order valence-electron chi connectivity index (χ2n) is 2.95. The Morgan fingerprint density at radius 1 is 1.64 bits per heavy atom. The van der Waals surface area contributed by atoms with Gasteiger partial charge in [-0.25, -0.2) is 0 Å². The van der Waals surface area contributed by atoms with E-state index in [1.54, 1.807) is 0 Å². The van der Waals surface area contributed by atoms with Gasteiger partial charge in [0.1, 0.15) is 0 Å². The van der Waals surface area contributed by atoms with Gasteiger partial charge in [0.2, 0.25) is 0 Å². The molecule has 0 saturated carbocycles. The molecule has 0 spiro atoms. The fraction of sp³-hybridized carbons (Fsp3) is 1.00. The van der Waals surface area contributed by atoms with E-state index in [4.69, 9.17) is 4.74 Å². The molecule has 1 unspecified atom stereocenters. The standard InChI is InChI=1S/C8H16BrNO/c1-2-3-10-4-5-11-8(6-9)7-10/h8H,2-7H2,1H3. The normalized spacial score (nSPS) is 27.3. The van der Waals surface area contributed by atoms with Crippen molar-refractivity contribution >= 4 is 15.9 Å². The van der Waals surface area contributed by atoms with Crippen LogP contribution in [-0.2, 0) is 4.74 Å². The third-order valence-corrected chi connectivity index (χ3v) is 2.66. The molecular formula is C8H16BrNO. The minimum absolute atomic E-state index is 0.412. The van der Waals surface area contributed by atoms with E-state index in [1.807, 2.05) is 0 Å². The topological polar surface area (TPSA) is 12.5 Å². The first-order valence-corrected chi connectivity index (χ1v) is 5.39. The Labute approximate surface area is 77.0 Å². The van der Waals surface area contributed by atoms with E-state index < -0.39 is 0 Å². The SMILES string of the molecule is CCCN1CCOC(CBr)C1. The predicted octanol–water partition coefficient (Wildman–Crippen LogP) is 1.49. The molecule has 0 amide bonds. The van der Waals surface area contributed by atoms with E-state index in [2.05, 4.69) is 27.8 Å². The quantitative estimate of drug-likeness (QED) is 0.671. The maximum Gasteiger partial charge on any atom is 0.0799 e. The molecule has 1 aliphatic rings. The number of halogens is 1. The lowest BCUT2D eigenvalue weighted by molar-refractivity contribution is -0.0149.